The number of carboxylic acid groups (broad SMARTS) is 1. The fourth-order valence-electron chi connectivity index (χ4n) is 2.20. The molecule has 0 spiro atoms. The van der Waals surface area contributed by atoms with Gasteiger partial charge in [0.1, 0.15) is 6.33 Å². The van der Waals surface area contributed by atoms with Crippen LogP contribution in [0.1, 0.15) is 37.2 Å². The van der Waals surface area contributed by atoms with Gasteiger partial charge in [-0.15, -0.1) is 0 Å². The Morgan fingerprint density at radius 3 is 2.33 bits per heavy atom. The summed E-state index contributed by atoms with van der Waals surface area (Å²) in [7, 11) is 0. The molecule has 1 heterocycles. The van der Waals surface area contributed by atoms with E-state index in [1.54, 1.807) is 0 Å². The number of carbonyl (C=O) groups is 1. The molecule has 0 aliphatic heterocycles. The van der Waals surface area contributed by atoms with Crippen molar-refractivity contribution >= 4 is 5.97 Å². The van der Waals surface area contributed by atoms with E-state index < -0.39 is 5.97 Å². The van der Waals surface area contributed by atoms with E-state index in [1.165, 1.54) is 6.33 Å². The lowest BCUT2D eigenvalue weighted by atomic mass is 9.79. The Balaban J connectivity index is 1.97. The molecule has 0 amide bonds. The molecule has 1 N–H and O–H groups in total. The van der Waals surface area contributed by atoms with Crippen molar-refractivity contribution in [2.75, 3.05) is 0 Å². The number of aromatic nitrogens is 2. The number of hydrogen-bond donors (Lipinski definition) is 1. The van der Waals surface area contributed by atoms with Crippen LogP contribution in [0.3, 0.4) is 0 Å². The van der Waals surface area contributed by atoms with Gasteiger partial charge in [-0.05, 0) is 37.2 Å². The molecule has 1 aromatic heterocycles. The second-order valence-corrected chi connectivity index (χ2v) is 4.06. The Kier molecular flexibility index (Phi) is 2.94. The van der Waals surface area contributed by atoms with Crippen LogP contribution >= 0.6 is 0 Å². The molecule has 0 aromatic carbocycles. The molecule has 0 atom stereocenters. The van der Waals surface area contributed by atoms with Crippen LogP contribution in [0.4, 0.5) is 0 Å². The first-order valence-corrected chi connectivity index (χ1v) is 5.25. The molecule has 0 saturated heterocycles. The molecule has 1 fully saturated rings. The molecule has 1 aromatic rings. The highest BCUT2D eigenvalue weighted by Gasteiger charge is 2.26. The fourth-order valence-corrected chi connectivity index (χ4v) is 2.20. The van der Waals surface area contributed by atoms with Crippen molar-refractivity contribution in [2.45, 2.75) is 31.6 Å². The molecular weight excluding hydrogens is 192 g/mol. The van der Waals surface area contributed by atoms with E-state index in [1.807, 2.05) is 12.4 Å². The first-order chi connectivity index (χ1) is 7.27. The SMILES string of the molecule is O=C(O)C1CCC(c2cncnc2)CC1. The van der Waals surface area contributed by atoms with Crippen molar-refractivity contribution in [1.29, 1.82) is 0 Å². The molecule has 1 saturated carbocycles. The van der Waals surface area contributed by atoms with Crippen LogP contribution in [0.2, 0.25) is 0 Å². The first-order valence-electron chi connectivity index (χ1n) is 5.25. The van der Waals surface area contributed by atoms with Gasteiger partial charge in [0.15, 0.2) is 0 Å². The molecule has 1 aliphatic carbocycles. The Labute approximate surface area is 88.4 Å². The van der Waals surface area contributed by atoms with E-state index in [2.05, 4.69) is 9.97 Å². The van der Waals surface area contributed by atoms with Gasteiger partial charge in [0.05, 0.1) is 5.92 Å². The van der Waals surface area contributed by atoms with Gasteiger partial charge in [0, 0.05) is 12.4 Å². The van der Waals surface area contributed by atoms with Gasteiger partial charge in [0.25, 0.3) is 0 Å². The zero-order chi connectivity index (χ0) is 10.7. The number of carboxylic acids is 1. The maximum absolute atomic E-state index is 10.8. The van der Waals surface area contributed by atoms with Crippen molar-refractivity contribution in [3.8, 4) is 0 Å². The Morgan fingerprint density at radius 2 is 1.80 bits per heavy atom. The lowest BCUT2D eigenvalue weighted by molar-refractivity contribution is -0.142. The number of hydrogen-bond acceptors (Lipinski definition) is 3. The van der Waals surface area contributed by atoms with Crippen LogP contribution < -0.4 is 0 Å². The summed E-state index contributed by atoms with van der Waals surface area (Å²) in [4.78, 5) is 18.7. The number of nitrogens with zero attached hydrogens (tertiary/aromatic N) is 2. The Morgan fingerprint density at radius 1 is 1.20 bits per heavy atom. The maximum Gasteiger partial charge on any atom is 0.306 e. The third-order valence-corrected chi connectivity index (χ3v) is 3.13. The van der Waals surface area contributed by atoms with Crippen LogP contribution in [0.25, 0.3) is 0 Å². The van der Waals surface area contributed by atoms with Gasteiger partial charge in [0.2, 0.25) is 0 Å². The zero-order valence-corrected chi connectivity index (χ0v) is 8.47. The number of aliphatic carboxylic acids is 1. The lowest BCUT2D eigenvalue weighted by Crippen LogP contribution is -2.20. The minimum atomic E-state index is -0.655. The number of rotatable bonds is 2. The van der Waals surface area contributed by atoms with Crippen molar-refractivity contribution in [3.63, 3.8) is 0 Å². The summed E-state index contributed by atoms with van der Waals surface area (Å²) in [6.45, 7) is 0. The van der Waals surface area contributed by atoms with Gasteiger partial charge in [-0.1, -0.05) is 0 Å². The van der Waals surface area contributed by atoms with Crippen molar-refractivity contribution in [2.24, 2.45) is 5.92 Å². The quantitative estimate of drug-likeness (QED) is 0.801. The standard InChI is InChI=1S/C11H14N2O2/c14-11(15)9-3-1-8(2-4-9)10-5-12-7-13-6-10/h5-9H,1-4H2,(H,14,15). The summed E-state index contributed by atoms with van der Waals surface area (Å²) < 4.78 is 0. The second-order valence-electron chi connectivity index (χ2n) is 4.06. The van der Waals surface area contributed by atoms with Crippen molar-refractivity contribution in [1.82, 2.24) is 9.97 Å². The Bertz CT molecular complexity index is 332. The molecule has 4 heteroatoms. The summed E-state index contributed by atoms with van der Waals surface area (Å²) in [5.74, 6) is -0.356. The summed E-state index contributed by atoms with van der Waals surface area (Å²) in [5.41, 5.74) is 1.14. The van der Waals surface area contributed by atoms with Gasteiger partial charge in [-0.25, -0.2) is 9.97 Å². The van der Waals surface area contributed by atoms with Gasteiger partial charge >= 0.3 is 5.97 Å². The normalized spacial score (nSPS) is 26.1. The first kappa shape index (κ1) is 10.1. The smallest absolute Gasteiger partial charge is 0.306 e. The third-order valence-electron chi connectivity index (χ3n) is 3.13. The van der Waals surface area contributed by atoms with E-state index in [0.717, 1.165) is 31.2 Å². The molecule has 80 valence electrons. The molecular formula is C11H14N2O2. The monoisotopic (exact) mass is 206 g/mol. The van der Waals surface area contributed by atoms with Crippen LogP contribution in [0.15, 0.2) is 18.7 Å². The molecule has 4 nitrogen and oxygen atoms in total. The van der Waals surface area contributed by atoms with Gasteiger partial charge in [-0.3, -0.25) is 4.79 Å². The highest BCUT2D eigenvalue weighted by atomic mass is 16.4. The van der Waals surface area contributed by atoms with Gasteiger partial charge < -0.3 is 5.11 Å². The van der Waals surface area contributed by atoms with E-state index in [9.17, 15) is 4.79 Å². The molecule has 0 unspecified atom stereocenters. The maximum atomic E-state index is 10.8. The lowest BCUT2D eigenvalue weighted by Gasteiger charge is -2.25. The van der Waals surface area contributed by atoms with Crippen LogP contribution in [-0.2, 0) is 4.79 Å². The highest BCUT2D eigenvalue weighted by molar-refractivity contribution is 5.70. The predicted octanol–water partition coefficient (Wildman–Crippen LogP) is 1.83. The van der Waals surface area contributed by atoms with E-state index in [-0.39, 0.29) is 5.92 Å². The second kappa shape index (κ2) is 4.38. The molecule has 0 radical (unpaired) electrons. The van der Waals surface area contributed by atoms with Crippen LogP contribution in [-0.4, -0.2) is 21.0 Å². The Hall–Kier alpha value is -1.45. The molecule has 1 aliphatic rings. The predicted molar refractivity (Wildman–Crippen MR) is 54.4 cm³/mol. The summed E-state index contributed by atoms with van der Waals surface area (Å²) >= 11 is 0. The summed E-state index contributed by atoms with van der Waals surface area (Å²) in [6, 6.07) is 0. The third kappa shape index (κ3) is 2.32. The van der Waals surface area contributed by atoms with E-state index in [0.29, 0.717) is 5.92 Å². The van der Waals surface area contributed by atoms with Crippen LogP contribution in [0.5, 0.6) is 0 Å². The summed E-state index contributed by atoms with van der Waals surface area (Å²) in [5, 5.41) is 8.87. The highest BCUT2D eigenvalue weighted by Crippen LogP contribution is 2.35. The molecule has 0 bridgehead atoms. The minimum absolute atomic E-state index is 0.147. The molecule has 2 rings (SSSR count). The minimum Gasteiger partial charge on any atom is -0.481 e. The fraction of sp³-hybridized carbons (Fsp3) is 0.545. The topological polar surface area (TPSA) is 63.1 Å². The largest absolute Gasteiger partial charge is 0.481 e. The van der Waals surface area contributed by atoms with E-state index in [4.69, 9.17) is 5.11 Å². The molecule has 15 heavy (non-hydrogen) atoms. The average Bonchev–Trinajstić information content (AvgIpc) is 2.30. The van der Waals surface area contributed by atoms with Crippen molar-refractivity contribution in [3.05, 3.63) is 24.3 Å². The zero-order valence-electron chi connectivity index (χ0n) is 8.47. The van der Waals surface area contributed by atoms with Gasteiger partial charge in [-0.2, -0.15) is 0 Å². The van der Waals surface area contributed by atoms with Crippen LogP contribution in [0, 0.1) is 5.92 Å². The van der Waals surface area contributed by atoms with Crippen molar-refractivity contribution < 1.29 is 9.90 Å². The average molecular weight is 206 g/mol. The van der Waals surface area contributed by atoms with E-state index >= 15 is 0 Å². The summed E-state index contributed by atoms with van der Waals surface area (Å²) in [6.07, 6.45) is 8.60.